The summed E-state index contributed by atoms with van der Waals surface area (Å²) in [5, 5.41) is 6.60. The van der Waals surface area contributed by atoms with Crippen LogP contribution in [0.25, 0.3) is 0 Å². The summed E-state index contributed by atoms with van der Waals surface area (Å²) in [5.74, 6) is -0.0362. The van der Waals surface area contributed by atoms with Crippen molar-refractivity contribution in [3.63, 3.8) is 0 Å². The molecule has 0 saturated carbocycles. The number of carbonyl (C=O) groups is 3. The first-order valence-corrected chi connectivity index (χ1v) is 12.1. The molecule has 4 rings (SSSR count). The Morgan fingerprint density at radius 3 is 2.16 bits per heavy atom. The maximum atomic E-state index is 13.5. The van der Waals surface area contributed by atoms with E-state index in [-0.39, 0.29) is 17.8 Å². The van der Waals surface area contributed by atoms with Crippen molar-refractivity contribution in [2.24, 2.45) is 0 Å². The summed E-state index contributed by atoms with van der Waals surface area (Å²) in [7, 11) is 0. The van der Waals surface area contributed by atoms with Gasteiger partial charge in [0.15, 0.2) is 5.82 Å². The van der Waals surface area contributed by atoms with Gasteiger partial charge in [-0.25, -0.2) is 4.79 Å². The number of hydrogen-bond acceptors (Lipinski definition) is 6. The third kappa shape index (κ3) is 6.40. The number of carbonyl (C=O) groups excluding carboxylic acids is 3. The van der Waals surface area contributed by atoms with Gasteiger partial charge in [0.05, 0.1) is 5.56 Å². The number of amides is 3. The summed E-state index contributed by atoms with van der Waals surface area (Å²) in [6, 6.07) is 5.06. The Hall–Kier alpha value is -3.61. The number of rotatable bonds is 4. The number of nitrogens with one attached hydrogen (secondary N) is 1. The number of halogens is 3. The topological polar surface area (TPSA) is 94.0 Å². The van der Waals surface area contributed by atoms with Crippen molar-refractivity contribution in [1.29, 1.82) is 0 Å². The highest BCUT2D eigenvalue weighted by atomic mass is 19.4. The SMILES string of the molecule is CC(=O)Nc1ccn(C(=O)N2CCN(Cc3ccc(C(F)(F)F)cc3N3CCN(C(C)=O)CC3)CC2)n1. The second kappa shape index (κ2) is 10.8. The van der Waals surface area contributed by atoms with Gasteiger partial charge in [-0.15, -0.1) is 5.10 Å². The van der Waals surface area contributed by atoms with Gasteiger partial charge in [-0.1, -0.05) is 6.07 Å². The summed E-state index contributed by atoms with van der Waals surface area (Å²) >= 11 is 0. The van der Waals surface area contributed by atoms with Gasteiger partial charge in [0.1, 0.15) is 0 Å². The van der Waals surface area contributed by atoms with E-state index in [0.29, 0.717) is 70.4 Å². The van der Waals surface area contributed by atoms with Gasteiger partial charge in [-0.05, 0) is 17.7 Å². The maximum absolute atomic E-state index is 13.5. The van der Waals surface area contributed by atoms with Crippen LogP contribution in [0.2, 0.25) is 0 Å². The van der Waals surface area contributed by atoms with E-state index in [1.165, 1.54) is 42.9 Å². The molecule has 2 aliphatic heterocycles. The zero-order valence-electron chi connectivity index (χ0n) is 20.8. The fourth-order valence-electron chi connectivity index (χ4n) is 4.59. The van der Waals surface area contributed by atoms with Crippen LogP contribution in [-0.4, -0.2) is 94.7 Å². The Bertz CT molecular complexity index is 1150. The number of hydrogen-bond donors (Lipinski definition) is 1. The van der Waals surface area contributed by atoms with Crippen molar-refractivity contribution in [3.05, 3.63) is 41.6 Å². The number of alkyl halides is 3. The monoisotopic (exact) mass is 521 g/mol. The average Bonchev–Trinajstić information content (AvgIpc) is 3.31. The smallest absolute Gasteiger partial charge is 0.368 e. The third-order valence-electron chi connectivity index (χ3n) is 6.60. The molecule has 0 spiro atoms. The van der Waals surface area contributed by atoms with Gasteiger partial charge in [-0.2, -0.15) is 17.9 Å². The summed E-state index contributed by atoms with van der Waals surface area (Å²) < 4.78 is 41.6. The molecule has 3 heterocycles. The van der Waals surface area contributed by atoms with Gasteiger partial charge in [0.25, 0.3) is 0 Å². The molecule has 0 unspecified atom stereocenters. The van der Waals surface area contributed by atoms with E-state index in [1.807, 2.05) is 4.90 Å². The van der Waals surface area contributed by atoms with Crippen LogP contribution in [0.15, 0.2) is 30.5 Å². The lowest BCUT2D eigenvalue weighted by atomic mass is 10.1. The van der Waals surface area contributed by atoms with Gasteiger partial charge < -0.3 is 20.0 Å². The molecular formula is C24H30F3N7O3. The number of anilines is 2. The van der Waals surface area contributed by atoms with E-state index in [4.69, 9.17) is 0 Å². The van der Waals surface area contributed by atoms with E-state index in [2.05, 4.69) is 15.3 Å². The Morgan fingerprint density at radius 2 is 1.57 bits per heavy atom. The molecule has 37 heavy (non-hydrogen) atoms. The van der Waals surface area contributed by atoms with Gasteiger partial charge in [0, 0.05) is 90.7 Å². The summed E-state index contributed by atoms with van der Waals surface area (Å²) in [6.45, 7) is 7.08. The number of nitrogens with zero attached hydrogens (tertiary/aromatic N) is 6. The minimum absolute atomic E-state index is 0.0437. The lowest BCUT2D eigenvalue weighted by Gasteiger charge is -2.38. The predicted molar refractivity (Wildman–Crippen MR) is 130 cm³/mol. The van der Waals surface area contributed by atoms with Gasteiger partial charge >= 0.3 is 12.2 Å². The highest BCUT2D eigenvalue weighted by molar-refractivity contribution is 5.88. The molecule has 200 valence electrons. The normalized spacial score (nSPS) is 17.2. The first kappa shape index (κ1) is 26.5. The Morgan fingerprint density at radius 1 is 0.919 bits per heavy atom. The largest absolute Gasteiger partial charge is 0.416 e. The van der Waals surface area contributed by atoms with Crippen molar-refractivity contribution in [1.82, 2.24) is 24.5 Å². The number of benzene rings is 1. The highest BCUT2D eigenvalue weighted by Gasteiger charge is 2.33. The van der Waals surface area contributed by atoms with Crippen LogP contribution in [0, 0.1) is 0 Å². The van der Waals surface area contributed by atoms with Crippen LogP contribution in [0.3, 0.4) is 0 Å². The summed E-state index contributed by atoms with van der Waals surface area (Å²) in [4.78, 5) is 43.0. The van der Waals surface area contributed by atoms with Gasteiger partial charge in [0.2, 0.25) is 11.8 Å². The van der Waals surface area contributed by atoms with E-state index in [1.54, 1.807) is 9.80 Å². The molecule has 0 radical (unpaired) electrons. The lowest BCUT2D eigenvalue weighted by Crippen LogP contribution is -2.50. The molecule has 1 aromatic carbocycles. The molecule has 2 saturated heterocycles. The predicted octanol–water partition coefficient (Wildman–Crippen LogP) is 2.31. The van der Waals surface area contributed by atoms with Crippen molar-refractivity contribution >= 4 is 29.4 Å². The number of piperazine rings is 2. The highest BCUT2D eigenvalue weighted by Crippen LogP contribution is 2.34. The van der Waals surface area contributed by atoms with Crippen LogP contribution >= 0.6 is 0 Å². The van der Waals surface area contributed by atoms with E-state index in [9.17, 15) is 27.6 Å². The van der Waals surface area contributed by atoms with Crippen LogP contribution < -0.4 is 10.2 Å². The molecular weight excluding hydrogens is 491 g/mol. The average molecular weight is 522 g/mol. The van der Waals surface area contributed by atoms with Crippen LogP contribution in [-0.2, 0) is 22.3 Å². The molecule has 2 aromatic rings. The fourth-order valence-corrected chi connectivity index (χ4v) is 4.59. The van der Waals surface area contributed by atoms with Crippen molar-refractivity contribution in [2.45, 2.75) is 26.6 Å². The van der Waals surface area contributed by atoms with E-state index in [0.717, 1.165) is 11.6 Å². The first-order valence-electron chi connectivity index (χ1n) is 12.1. The molecule has 0 aliphatic carbocycles. The minimum atomic E-state index is -4.45. The molecule has 13 heteroatoms. The van der Waals surface area contributed by atoms with Crippen molar-refractivity contribution in [3.8, 4) is 0 Å². The molecule has 2 fully saturated rings. The second-order valence-corrected chi connectivity index (χ2v) is 9.21. The second-order valence-electron chi connectivity index (χ2n) is 9.21. The molecule has 10 nitrogen and oxygen atoms in total. The fraction of sp³-hybridized carbons (Fsp3) is 0.500. The number of aromatic nitrogens is 2. The zero-order valence-corrected chi connectivity index (χ0v) is 20.8. The van der Waals surface area contributed by atoms with Crippen LogP contribution in [0.4, 0.5) is 29.5 Å². The third-order valence-corrected chi connectivity index (χ3v) is 6.60. The lowest BCUT2D eigenvalue weighted by molar-refractivity contribution is -0.137. The van der Waals surface area contributed by atoms with Crippen molar-refractivity contribution in [2.75, 3.05) is 62.6 Å². The summed E-state index contributed by atoms with van der Waals surface area (Å²) in [6.07, 6.45) is -2.97. The van der Waals surface area contributed by atoms with E-state index < -0.39 is 11.7 Å². The Labute approximate surface area is 212 Å². The maximum Gasteiger partial charge on any atom is 0.416 e. The first-order chi connectivity index (χ1) is 17.5. The quantitative estimate of drug-likeness (QED) is 0.664. The molecule has 1 aromatic heterocycles. The molecule has 0 atom stereocenters. The summed E-state index contributed by atoms with van der Waals surface area (Å²) in [5.41, 5.74) is 0.600. The van der Waals surface area contributed by atoms with Crippen molar-refractivity contribution < 1.29 is 27.6 Å². The van der Waals surface area contributed by atoms with E-state index >= 15 is 0 Å². The Kier molecular flexibility index (Phi) is 7.71. The standard InChI is InChI=1S/C24H30F3N7O3/c1-17(35)28-22-5-6-34(29-22)23(37)33-9-7-30(8-10-33)16-19-3-4-20(24(25,26)27)15-21(19)32-13-11-31(12-14-32)18(2)36/h3-6,15H,7-14,16H2,1-2H3,(H,28,29,35). The molecule has 1 N–H and O–H groups in total. The molecule has 2 aliphatic rings. The Balaban J connectivity index is 1.42. The molecule has 0 bridgehead atoms. The molecule has 3 amide bonds. The van der Waals surface area contributed by atoms with Crippen LogP contribution in [0.1, 0.15) is 25.0 Å². The zero-order chi connectivity index (χ0) is 26.7. The van der Waals surface area contributed by atoms with Crippen LogP contribution in [0.5, 0.6) is 0 Å². The van der Waals surface area contributed by atoms with Gasteiger partial charge in [-0.3, -0.25) is 14.5 Å². The minimum Gasteiger partial charge on any atom is -0.368 e.